The summed E-state index contributed by atoms with van der Waals surface area (Å²) in [5.74, 6) is -1.81. The number of carbonyl (C=O) groups excluding carboxylic acids is 2. The molecule has 1 aromatic heterocycles. The summed E-state index contributed by atoms with van der Waals surface area (Å²) in [4.78, 5) is 37.0. The number of nitro groups is 1. The van der Waals surface area contributed by atoms with Gasteiger partial charge in [0.2, 0.25) is 0 Å². The highest BCUT2D eigenvalue weighted by atomic mass is 19.4. The Bertz CT molecular complexity index is 840. The van der Waals surface area contributed by atoms with E-state index in [1.165, 1.54) is 24.5 Å². The van der Waals surface area contributed by atoms with E-state index >= 15 is 0 Å². The Kier molecular flexibility index (Phi) is 5.50. The maximum Gasteiger partial charge on any atom is 0.416 e. The number of alkyl halides is 3. The zero-order valence-corrected chi connectivity index (χ0v) is 12.8. The van der Waals surface area contributed by atoms with Gasteiger partial charge in [-0.05, 0) is 24.3 Å². The lowest BCUT2D eigenvalue weighted by molar-refractivity contribution is -0.384. The zero-order valence-electron chi connectivity index (χ0n) is 12.8. The Balaban J connectivity index is 2.06. The molecule has 0 aliphatic heterocycles. The minimum atomic E-state index is -4.77. The van der Waals surface area contributed by atoms with E-state index in [0.717, 1.165) is 6.07 Å². The molecule has 1 amide bonds. The number of carbonyl (C=O) groups is 2. The van der Waals surface area contributed by atoms with Crippen LogP contribution in [0.5, 0.6) is 0 Å². The molecule has 11 heteroatoms. The maximum atomic E-state index is 12.6. The Morgan fingerprint density at radius 3 is 2.58 bits per heavy atom. The van der Waals surface area contributed by atoms with Crippen LogP contribution in [0.15, 0.2) is 42.7 Å². The minimum Gasteiger partial charge on any atom is -0.452 e. The molecule has 26 heavy (non-hydrogen) atoms. The van der Waals surface area contributed by atoms with E-state index in [9.17, 15) is 32.9 Å². The average molecular weight is 369 g/mol. The second kappa shape index (κ2) is 7.59. The summed E-state index contributed by atoms with van der Waals surface area (Å²) < 4.78 is 42.6. The van der Waals surface area contributed by atoms with Crippen LogP contribution in [0.2, 0.25) is 0 Å². The second-order valence-corrected chi connectivity index (χ2v) is 4.85. The van der Waals surface area contributed by atoms with Gasteiger partial charge in [-0.15, -0.1) is 0 Å². The molecule has 1 N–H and O–H groups in total. The van der Waals surface area contributed by atoms with Gasteiger partial charge in [0.25, 0.3) is 11.6 Å². The molecule has 0 atom stereocenters. The third kappa shape index (κ3) is 4.75. The molecule has 136 valence electrons. The summed E-state index contributed by atoms with van der Waals surface area (Å²) >= 11 is 0. The van der Waals surface area contributed by atoms with Crippen molar-refractivity contribution in [3.63, 3.8) is 0 Å². The van der Waals surface area contributed by atoms with Crippen molar-refractivity contribution in [3.05, 3.63) is 64.0 Å². The van der Waals surface area contributed by atoms with E-state index in [4.69, 9.17) is 4.74 Å². The average Bonchev–Trinajstić information content (AvgIpc) is 2.59. The fraction of sp³-hybridized carbons (Fsp3) is 0.133. The van der Waals surface area contributed by atoms with Crippen molar-refractivity contribution in [2.75, 3.05) is 11.9 Å². The third-order valence-electron chi connectivity index (χ3n) is 3.03. The van der Waals surface area contributed by atoms with Crippen LogP contribution in [0.3, 0.4) is 0 Å². The van der Waals surface area contributed by atoms with Crippen molar-refractivity contribution in [3.8, 4) is 0 Å². The van der Waals surface area contributed by atoms with Gasteiger partial charge in [0.15, 0.2) is 6.61 Å². The quantitative estimate of drug-likeness (QED) is 0.493. The number of ether oxygens (including phenoxy) is 1. The van der Waals surface area contributed by atoms with Gasteiger partial charge in [-0.1, -0.05) is 0 Å². The first-order chi connectivity index (χ1) is 12.2. The fourth-order valence-electron chi connectivity index (χ4n) is 1.85. The monoisotopic (exact) mass is 369 g/mol. The van der Waals surface area contributed by atoms with Crippen LogP contribution in [0.1, 0.15) is 15.9 Å². The molecule has 2 rings (SSSR count). The van der Waals surface area contributed by atoms with Crippen molar-refractivity contribution in [1.82, 2.24) is 4.98 Å². The molecule has 0 aliphatic carbocycles. The number of esters is 1. The largest absolute Gasteiger partial charge is 0.452 e. The van der Waals surface area contributed by atoms with Crippen LogP contribution in [-0.4, -0.2) is 28.4 Å². The lowest BCUT2D eigenvalue weighted by Gasteiger charge is -2.10. The van der Waals surface area contributed by atoms with Gasteiger partial charge in [-0.2, -0.15) is 13.2 Å². The lowest BCUT2D eigenvalue weighted by atomic mass is 10.1. The number of amides is 1. The van der Waals surface area contributed by atoms with Crippen LogP contribution >= 0.6 is 0 Å². The molecule has 0 saturated carbocycles. The predicted octanol–water partition coefficient (Wildman–Crippen LogP) is 2.80. The van der Waals surface area contributed by atoms with Gasteiger partial charge in [-0.3, -0.25) is 19.9 Å². The molecule has 1 aromatic carbocycles. The van der Waals surface area contributed by atoms with E-state index < -0.39 is 46.5 Å². The number of benzene rings is 1. The molecule has 0 spiro atoms. The Labute approximate surface area is 143 Å². The normalized spacial score (nSPS) is 10.9. The molecule has 0 saturated heterocycles. The lowest BCUT2D eigenvalue weighted by Crippen LogP contribution is -2.21. The molecule has 1 heterocycles. The van der Waals surface area contributed by atoms with Crippen LogP contribution in [0, 0.1) is 10.1 Å². The highest BCUT2D eigenvalue weighted by Gasteiger charge is 2.33. The molecule has 2 aromatic rings. The smallest absolute Gasteiger partial charge is 0.416 e. The van der Waals surface area contributed by atoms with E-state index in [1.807, 2.05) is 5.32 Å². The third-order valence-corrected chi connectivity index (χ3v) is 3.03. The Morgan fingerprint density at radius 1 is 1.27 bits per heavy atom. The number of nitro benzene ring substituents is 1. The van der Waals surface area contributed by atoms with Crippen molar-refractivity contribution >= 4 is 23.3 Å². The number of aromatic nitrogens is 1. The maximum absolute atomic E-state index is 12.6. The number of anilines is 1. The van der Waals surface area contributed by atoms with E-state index in [2.05, 4.69) is 4.98 Å². The van der Waals surface area contributed by atoms with Crippen LogP contribution in [0.25, 0.3) is 0 Å². The van der Waals surface area contributed by atoms with Crippen molar-refractivity contribution in [2.24, 2.45) is 0 Å². The summed E-state index contributed by atoms with van der Waals surface area (Å²) in [6, 6.07) is 4.51. The Hall–Kier alpha value is -3.50. The number of hydrogen-bond donors (Lipinski definition) is 1. The topological polar surface area (TPSA) is 111 Å². The fourth-order valence-corrected chi connectivity index (χ4v) is 1.85. The number of nitrogens with zero attached hydrogens (tertiary/aromatic N) is 2. The summed E-state index contributed by atoms with van der Waals surface area (Å²) in [5.41, 5.74) is -2.54. The van der Waals surface area contributed by atoms with E-state index in [1.54, 1.807) is 0 Å². The number of rotatable bonds is 5. The molecular weight excluding hydrogens is 359 g/mol. The summed E-state index contributed by atoms with van der Waals surface area (Å²) in [6.07, 6.45) is -2.14. The molecule has 0 radical (unpaired) electrons. The zero-order chi connectivity index (χ0) is 19.3. The minimum absolute atomic E-state index is 0.0841. The second-order valence-electron chi connectivity index (χ2n) is 4.85. The van der Waals surface area contributed by atoms with Gasteiger partial charge < -0.3 is 10.1 Å². The molecule has 8 nitrogen and oxygen atoms in total. The van der Waals surface area contributed by atoms with Gasteiger partial charge in [0, 0.05) is 18.5 Å². The first-order valence-electron chi connectivity index (χ1n) is 6.91. The van der Waals surface area contributed by atoms with Gasteiger partial charge in [-0.25, -0.2) is 4.79 Å². The Morgan fingerprint density at radius 2 is 2.00 bits per heavy atom. The standard InChI is InChI=1S/C15H10F3N3O5/c16-15(17,18)10-3-4-11(12(6-10)21(24)25)20-13(22)8-26-14(23)9-2-1-5-19-7-9/h1-7H,8H2,(H,20,22). The van der Waals surface area contributed by atoms with Gasteiger partial charge in [0.05, 0.1) is 16.1 Å². The van der Waals surface area contributed by atoms with Crippen LogP contribution in [0.4, 0.5) is 24.5 Å². The molecule has 0 unspecified atom stereocenters. The van der Waals surface area contributed by atoms with Gasteiger partial charge in [0.1, 0.15) is 5.69 Å². The highest BCUT2D eigenvalue weighted by molar-refractivity contribution is 5.96. The number of pyridine rings is 1. The summed E-state index contributed by atoms with van der Waals surface area (Å²) in [6.45, 7) is -0.786. The van der Waals surface area contributed by atoms with E-state index in [0.29, 0.717) is 12.1 Å². The molecule has 0 aliphatic rings. The SMILES string of the molecule is O=C(COC(=O)c1cccnc1)Nc1ccc(C(F)(F)F)cc1[N+](=O)[O-]. The van der Waals surface area contributed by atoms with Gasteiger partial charge >= 0.3 is 12.1 Å². The van der Waals surface area contributed by atoms with Crippen molar-refractivity contribution in [1.29, 1.82) is 0 Å². The number of nitrogens with one attached hydrogen (secondary N) is 1. The van der Waals surface area contributed by atoms with Crippen LogP contribution in [-0.2, 0) is 15.7 Å². The summed E-state index contributed by atoms with van der Waals surface area (Å²) in [5, 5.41) is 13.0. The van der Waals surface area contributed by atoms with Crippen molar-refractivity contribution < 1.29 is 32.4 Å². The van der Waals surface area contributed by atoms with Crippen molar-refractivity contribution in [2.45, 2.75) is 6.18 Å². The molecule has 0 fully saturated rings. The summed E-state index contributed by atoms with van der Waals surface area (Å²) in [7, 11) is 0. The first kappa shape index (κ1) is 18.8. The molecule has 0 bridgehead atoms. The highest BCUT2D eigenvalue weighted by Crippen LogP contribution is 2.34. The first-order valence-corrected chi connectivity index (χ1v) is 6.91. The van der Waals surface area contributed by atoms with Crippen LogP contribution < -0.4 is 5.32 Å². The predicted molar refractivity (Wildman–Crippen MR) is 81.2 cm³/mol. The number of halogens is 3. The van der Waals surface area contributed by atoms with E-state index in [-0.39, 0.29) is 5.56 Å². The number of hydrogen-bond acceptors (Lipinski definition) is 6. The molecular formula is C15H10F3N3O5.